The molecule has 0 saturated carbocycles. The molecular formula is C11H18N2O3. The highest BCUT2D eigenvalue weighted by molar-refractivity contribution is 5.86. The highest BCUT2D eigenvalue weighted by Gasteiger charge is 2.17. The van der Waals surface area contributed by atoms with Crippen LogP contribution in [-0.2, 0) is 9.53 Å². The van der Waals surface area contributed by atoms with E-state index >= 15 is 0 Å². The molecular weight excluding hydrogens is 208 g/mol. The second-order valence-corrected chi connectivity index (χ2v) is 3.36. The zero-order valence-corrected chi connectivity index (χ0v) is 9.73. The summed E-state index contributed by atoms with van der Waals surface area (Å²) in [4.78, 5) is 22.3. The molecule has 5 heteroatoms. The van der Waals surface area contributed by atoms with Crippen LogP contribution in [-0.4, -0.2) is 36.1 Å². The summed E-state index contributed by atoms with van der Waals surface area (Å²) in [6.07, 6.45) is 2.44. The normalized spacial score (nSPS) is 13.7. The van der Waals surface area contributed by atoms with Crippen molar-refractivity contribution in [3.8, 4) is 0 Å². The van der Waals surface area contributed by atoms with Crippen LogP contribution in [0.5, 0.6) is 0 Å². The largest absolute Gasteiger partial charge is 0.447 e. The van der Waals surface area contributed by atoms with Crippen LogP contribution < -0.4 is 5.32 Å². The van der Waals surface area contributed by atoms with Crippen LogP contribution in [0.2, 0.25) is 0 Å². The third-order valence-electron chi connectivity index (χ3n) is 1.63. The summed E-state index contributed by atoms with van der Waals surface area (Å²) in [5, 5.41) is 2.64. The van der Waals surface area contributed by atoms with E-state index in [0.717, 1.165) is 0 Å². The van der Waals surface area contributed by atoms with Gasteiger partial charge in [-0.3, -0.25) is 9.69 Å². The van der Waals surface area contributed by atoms with Gasteiger partial charge in [0.15, 0.2) is 0 Å². The van der Waals surface area contributed by atoms with Crippen molar-refractivity contribution in [3.63, 3.8) is 0 Å². The predicted molar refractivity (Wildman–Crippen MR) is 61.7 cm³/mol. The van der Waals surface area contributed by atoms with Gasteiger partial charge in [0, 0.05) is 12.2 Å². The fraction of sp³-hybridized carbons (Fsp3) is 0.455. The van der Waals surface area contributed by atoms with E-state index in [4.69, 9.17) is 0 Å². The zero-order valence-electron chi connectivity index (χ0n) is 9.73. The first kappa shape index (κ1) is 14.2. The maximum absolute atomic E-state index is 10.4. The molecule has 0 aromatic rings. The molecule has 5 nitrogen and oxygen atoms in total. The van der Waals surface area contributed by atoms with Crippen molar-refractivity contribution in [2.45, 2.75) is 19.9 Å². The number of hydrogen-bond acceptors (Lipinski definition) is 3. The smallest absolute Gasteiger partial charge is 0.413 e. The Hall–Kier alpha value is -1.78. The van der Waals surface area contributed by atoms with E-state index < -0.39 is 0 Å². The van der Waals surface area contributed by atoms with E-state index in [-0.39, 0.29) is 18.0 Å². The molecule has 1 rings (SSSR count). The molecule has 0 radical (unpaired) electrons. The molecule has 2 amide bonds. The van der Waals surface area contributed by atoms with Gasteiger partial charge in [-0.25, -0.2) is 4.79 Å². The monoisotopic (exact) mass is 226 g/mol. The van der Waals surface area contributed by atoms with Gasteiger partial charge in [0.2, 0.25) is 5.91 Å². The molecule has 1 fully saturated rings. The van der Waals surface area contributed by atoms with Crippen LogP contribution in [0.25, 0.3) is 0 Å². The Morgan fingerprint density at radius 2 is 2.19 bits per heavy atom. The van der Waals surface area contributed by atoms with Crippen molar-refractivity contribution in [2.75, 3.05) is 13.2 Å². The van der Waals surface area contributed by atoms with E-state index in [9.17, 15) is 9.59 Å². The molecule has 1 aliphatic rings. The van der Waals surface area contributed by atoms with Gasteiger partial charge in [-0.15, -0.1) is 0 Å². The lowest BCUT2D eigenvalue weighted by atomic mass is 10.4. The maximum Gasteiger partial charge on any atom is 0.413 e. The molecule has 0 unspecified atom stereocenters. The van der Waals surface area contributed by atoms with E-state index in [0.29, 0.717) is 13.2 Å². The Balaban J connectivity index is 0.000000281. The lowest BCUT2D eigenvalue weighted by Crippen LogP contribution is -2.27. The van der Waals surface area contributed by atoms with Crippen molar-refractivity contribution in [1.29, 1.82) is 0 Å². The molecule has 0 aliphatic carbocycles. The minimum Gasteiger partial charge on any atom is -0.447 e. The predicted octanol–water partition coefficient (Wildman–Crippen LogP) is 1.28. The van der Waals surface area contributed by atoms with Crippen molar-refractivity contribution in [2.24, 2.45) is 0 Å². The first-order valence-corrected chi connectivity index (χ1v) is 5.00. The SMILES string of the molecule is C=CC(=O)NC(C)C.C=CN1CCOC1=O. The molecule has 0 bridgehead atoms. The molecule has 1 N–H and O–H groups in total. The Morgan fingerprint density at radius 3 is 2.38 bits per heavy atom. The third kappa shape index (κ3) is 5.85. The molecule has 1 heterocycles. The number of nitrogens with one attached hydrogen (secondary N) is 1. The van der Waals surface area contributed by atoms with Crippen molar-refractivity contribution in [1.82, 2.24) is 10.2 Å². The van der Waals surface area contributed by atoms with Gasteiger partial charge in [-0.2, -0.15) is 0 Å². The fourth-order valence-electron chi connectivity index (χ4n) is 0.915. The summed E-state index contributed by atoms with van der Waals surface area (Å²) in [7, 11) is 0. The van der Waals surface area contributed by atoms with Crippen LogP contribution >= 0.6 is 0 Å². The standard InChI is InChI=1S/C6H11NO.C5H7NO2/c1-4-6(8)7-5(2)3;1-2-6-3-4-8-5(6)7/h4-5H,1H2,2-3H3,(H,7,8);2H,1,3-4H2. The maximum atomic E-state index is 10.4. The highest BCUT2D eigenvalue weighted by Crippen LogP contribution is 2.01. The van der Waals surface area contributed by atoms with E-state index in [1.54, 1.807) is 0 Å². The summed E-state index contributed by atoms with van der Waals surface area (Å²) >= 11 is 0. The van der Waals surface area contributed by atoms with Crippen LogP contribution in [0.3, 0.4) is 0 Å². The van der Waals surface area contributed by atoms with Gasteiger partial charge in [0.1, 0.15) is 6.61 Å². The van der Waals surface area contributed by atoms with Crippen LogP contribution in [0.4, 0.5) is 4.79 Å². The van der Waals surface area contributed by atoms with Crippen LogP contribution in [0.15, 0.2) is 25.4 Å². The van der Waals surface area contributed by atoms with Crippen molar-refractivity contribution >= 4 is 12.0 Å². The summed E-state index contributed by atoms with van der Waals surface area (Å²) < 4.78 is 4.57. The number of carbonyl (C=O) groups excluding carboxylic acids is 2. The number of carbonyl (C=O) groups is 2. The second-order valence-electron chi connectivity index (χ2n) is 3.36. The number of amides is 2. The average Bonchev–Trinajstić information content (AvgIpc) is 2.63. The number of hydrogen-bond donors (Lipinski definition) is 1. The fourth-order valence-corrected chi connectivity index (χ4v) is 0.915. The first-order chi connectivity index (χ1) is 7.51. The number of nitrogens with zero attached hydrogens (tertiary/aromatic N) is 1. The molecule has 0 atom stereocenters. The average molecular weight is 226 g/mol. The van der Waals surface area contributed by atoms with Crippen LogP contribution in [0, 0.1) is 0 Å². The molecule has 16 heavy (non-hydrogen) atoms. The summed E-state index contributed by atoms with van der Waals surface area (Å²) in [5.41, 5.74) is 0. The van der Waals surface area contributed by atoms with Crippen molar-refractivity contribution < 1.29 is 14.3 Å². The van der Waals surface area contributed by atoms with Crippen LogP contribution in [0.1, 0.15) is 13.8 Å². The van der Waals surface area contributed by atoms with E-state index in [1.807, 2.05) is 13.8 Å². The topological polar surface area (TPSA) is 58.6 Å². The Bertz CT molecular complexity index is 274. The van der Waals surface area contributed by atoms with Gasteiger partial charge in [0.05, 0.1) is 6.54 Å². The van der Waals surface area contributed by atoms with Gasteiger partial charge >= 0.3 is 6.09 Å². The lowest BCUT2D eigenvalue weighted by Gasteiger charge is -2.02. The molecule has 90 valence electrons. The van der Waals surface area contributed by atoms with Gasteiger partial charge in [-0.1, -0.05) is 13.2 Å². The minimum absolute atomic E-state index is 0.111. The minimum atomic E-state index is -0.292. The summed E-state index contributed by atoms with van der Waals surface area (Å²) in [5.74, 6) is -0.111. The molecule has 0 spiro atoms. The lowest BCUT2D eigenvalue weighted by molar-refractivity contribution is -0.116. The Labute approximate surface area is 95.8 Å². The Morgan fingerprint density at radius 1 is 1.56 bits per heavy atom. The Kier molecular flexibility index (Phi) is 6.67. The van der Waals surface area contributed by atoms with E-state index in [1.165, 1.54) is 17.2 Å². The highest BCUT2D eigenvalue weighted by atomic mass is 16.6. The second kappa shape index (κ2) is 7.50. The van der Waals surface area contributed by atoms with Gasteiger partial charge < -0.3 is 10.1 Å². The van der Waals surface area contributed by atoms with E-state index in [2.05, 4.69) is 23.2 Å². The third-order valence-corrected chi connectivity index (χ3v) is 1.63. The molecule has 0 aromatic heterocycles. The summed E-state index contributed by atoms with van der Waals surface area (Å²) in [6, 6.07) is 0.209. The quantitative estimate of drug-likeness (QED) is 0.737. The molecule has 1 saturated heterocycles. The summed E-state index contributed by atoms with van der Waals surface area (Å²) in [6.45, 7) is 11.7. The first-order valence-electron chi connectivity index (χ1n) is 5.00. The zero-order chi connectivity index (χ0) is 12.6. The molecule has 1 aliphatic heterocycles. The number of rotatable bonds is 3. The van der Waals surface area contributed by atoms with Gasteiger partial charge in [0.25, 0.3) is 0 Å². The van der Waals surface area contributed by atoms with Crippen molar-refractivity contribution in [3.05, 3.63) is 25.4 Å². The number of cyclic esters (lactones) is 1. The number of ether oxygens (including phenoxy) is 1. The van der Waals surface area contributed by atoms with Gasteiger partial charge in [-0.05, 0) is 19.9 Å². The molecule has 0 aromatic carbocycles.